The molecular weight excluding hydrogens is 234 g/mol. The number of rotatable bonds is 1. The van der Waals surface area contributed by atoms with E-state index in [1.807, 2.05) is 24.3 Å². The van der Waals surface area contributed by atoms with E-state index in [0.717, 1.165) is 11.1 Å². The molecule has 1 aromatic carbocycles. The molecule has 6 nitrogen and oxygen atoms in total. The Morgan fingerprint density at radius 2 is 2.06 bits per heavy atom. The smallest absolute Gasteiger partial charge is 0.407 e. The number of benzene rings is 1. The predicted octanol–water partition coefficient (Wildman–Crippen LogP) is 0.880. The largest absolute Gasteiger partial charge is 0.465 e. The Morgan fingerprint density at radius 1 is 1.39 bits per heavy atom. The van der Waals surface area contributed by atoms with Gasteiger partial charge in [-0.3, -0.25) is 4.90 Å². The number of amidine groups is 1. The van der Waals surface area contributed by atoms with Crippen molar-refractivity contribution < 1.29 is 15.1 Å². The van der Waals surface area contributed by atoms with Crippen LogP contribution in [0, 0.1) is 0 Å². The number of nitrogens with two attached hydrogens (primary N) is 1. The predicted molar refractivity (Wildman–Crippen MR) is 65.8 cm³/mol. The maximum atomic E-state index is 11.2. The van der Waals surface area contributed by atoms with Crippen LogP contribution in [0.15, 0.2) is 29.4 Å². The van der Waals surface area contributed by atoms with Gasteiger partial charge in [-0.2, -0.15) is 0 Å². The lowest BCUT2D eigenvalue weighted by Crippen LogP contribution is -2.48. The first-order valence-electron chi connectivity index (χ1n) is 5.67. The van der Waals surface area contributed by atoms with Crippen molar-refractivity contribution in [3.63, 3.8) is 0 Å². The molecule has 0 radical (unpaired) electrons. The fourth-order valence-electron chi connectivity index (χ4n) is 2.28. The van der Waals surface area contributed by atoms with Crippen LogP contribution >= 0.6 is 0 Å². The third-order valence-corrected chi connectivity index (χ3v) is 3.23. The molecule has 4 N–H and O–H groups in total. The highest BCUT2D eigenvalue weighted by Crippen LogP contribution is 2.20. The van der Waals surface area contributed by atoms with Crippen LogP contribution in [0.5, 0.6) is 0 Å². The van der Waals surface area contributed by atoms with Crippen LogP contribution in [0.25, 0.3) is 0 Å². The van der Waals surface area contributed by atoms with Crippen molar-refractivity contribution in [2.45, 2.75) is 18.9 Å². The fourth-order valence-corrected chi connectivity index (χ4v) is 2.28. The van der Waals surface area contributed by atoms with Gasteiger partial charge in [-0.15, -0.1) is 0 Å². The standard InChI is InChI=1S/C12H15N3O3/c13-11(14-18)10-7-9-4-2-1-3-8(9)5-6-15(10)12(16)17/h1-4,10,18H,5-7H2,(H2,13,14)(H,16,17). The summed E-state index contributed by atoms with van der Waals surface area (Å²) < 4.78 is 0. The number of hydrogen-bond donors (Lipinski definition) is 3. The van der Waals surface area contributed by atoms with Gasteiger partial charge in [-0.05, 0) is 17.5 Å². The second-order valence-corrected chi connectivity index (χ2v) is 4.24. The van der Waals surface area contributed by atoms with Crippen LogP contribution in [0.2, 0.25) is 0 Å². The Kier molecular flexibility index (Phi) is 3.36. The maximum Gasteiger partial charge on any atom is 0.407 e. The fraction of sp³-hybridized carbons (Fsp3) is 0.333. The number of oxime groups is 1. The molecule has 0 aliphatic carbocycles. The zero-order valence-corrected chi connectivity index (χ0v) is 9.78. The third-order valence-electron chi connectivity index (χ3n) is 3.23. The Morgan fingerprint density at radius 3 is 2.67 bits per heavy atom. The van der Waals surface area contributed by atoms with E-state index in [0.29, 0.717) is 19.4 Å². The molecule has 6 heteroatoms. The van der Waals surface area contributed by atoms with Crippen molar-refractivity contribution >= 4 is 11.9 Å². The van der Waals surface area contributed by atoms with Gasteiger partial charge >= 0.3 is 6.09 Å². The number of carboxylic acid groups (broad SMARTS) is 1. The van der Waals surface area contributed by atoms with Crippen molar-refractivity contribution in [2.24, 2.45) is 10.9 Å². The summed E-state index contributed by atoms with van der Waals surface area (Å²) in [6, 6.07) is 7.13. The van der Waals surface area contributed by atoms with Crippen molar-refractivity contribution in [3.05, 3.63) is 35.4 Å². The molecule has 1 unspecified atom stereocenters. The molecule has 0 saturated heterocycles. The number of fused-ring (bicyclic) bond motifs is 1. The first kappa shape index (κ1) is 12.2. The van der Waals surface area contributed by atoms with Gasteiger partial charge in [0.2, 0.25) is 0 Å². The Hall–Kier alpha value is -2.24. The van der Waals surface area contributed by atoms with E-state index in [4.69, 9.17) is 10.9 Å². The lowest BCUT2D eigenvalue weighted by atomic mass is 10.00. The highest BCUT2D eigenvalue weighted by Gasteiger charge is 2.30. The Labute approximate surface area is 104 Å². The van der Waals surface area contributed by atoms with E-state index in [-0.39, 0.29) is 5.84 Å². The normalized spacial score (nSPS) is 20.1. The van der Waals surface area contributed by atoms with Gasteiger partial charge in [-0.25, -0.2) is 4.79 Å². The second-order valence-electron chi connectivity index (χ2n) is 4.24. The van der Waals surface area contributed by atoms with Gasteiger partial charge < -0.3 is 16.0 Å². The van der Waals surface area contributed by atoms with Crippen LogP contribution in [0.1, 0.15) is 11.1 Å². The van der Waals surface area contributed by atoms with E-state index in [9.17, 15) is 9.90 Å². The van der Waals surface area contributed by atoms with Gasteiger partial charge in [0.15, 0.2) is 5.84 Å². The maximum absolute atomic E-state index is 11.2. The molecule has 18 heavy (non-hydrogen) atoms. The summed E-state index contributed by atoms with van der Waals surface area (Å²) in [7, 11) is 0. The van der Waals surface area contributed by atoms with Crippen molar-refractivity contribution in [3.8, 4) is 0 Å². The SMILES string of the molecule is NC(=NO)C1Cc2ccccc2CCN1C(=O)O. The number of hydrogen-bond acceptors (Lipinski definition) is 3. The minimum atomic E-state index is -1.06. The summed E-state index contributed by atoms with van der Waals surface area (Å²) in [6.45, 7) is 0.341. The summed E-state index contributed by atoms with van der Waals surface area (Å²) in [6.07, 6.45) is 0.00942. The average molecular weight is 249 g/mol. The van der Waals surface area contributed by atoms with Crippen LogP contribution in [-0.2, 0) is 12.8 Å². The minimum absolute atomic E-state index is 0.0749. The van der Waals surface area contributed by atoms with E-state index in [1.54, 1.807) is 0 Å². The molecule has 1 atom stereocenters. The van der Waals surface area contributed by atoms with Gasteiger partial charge in [0.25, 0.3) is 0 Å². The van der Waals surface area contributed by atoms with Crippen LogP contribution < -0.4 is 5.73 Å². The molecule has 0 saturated carbocycles. The van der Waals surface area contributed by atoms with Crippen LogP contribution in [0.4, 0.5) is 4.79 Å². The Bertz CT molecular complexity index is 487. The highest BCUT2D eigenvalue weighted by atomic mass is 16.4. The molecule has 0 fully saturated rings. The monoisotopic (exact) mass is 249 g/mol. The third kappa shape index (κ3) is 2.22. The van der Waals surface area contributed by atoms with Gasteiger partial charge in [0.05, 0.1) is 6.04 Å². The van der Waals surface area contributed by atoms with Crippen molar-refractivity contribution in [2.75, 3.05) is 6.54 Å². The van der Waals surface area contributed by atoms with E-state index >= 15 is 0 Å². The van der Waals surface area contributed by atoms with E-state index in [1.165, 1.54) is 4.90 Å². The summed E-state index contributed by atoms with van der Waals surface area (Å²) in [5.41, 5.74) is 7.75. The van der Waals surface area contributed by atoms with E-state index < -0.39 is 12.1 Å². The quantitative estimate of drug-likeness (QED) is 0.298. The number of carbonyl (C=O) groups is 1. The van der Waals surface area contributed by atoms with Crippen LogP contribution in [-0.4, -0.2) is 39.7 Å². The highest BCUT2D eigenvalue weighted by molar-refractivity contribution is 5.88. The molecule has 0 bridgehead atoms. The molecule has 1 heterocycles. The van der Waals surface area contributed by atoms with Gasteiger partial charge in [0, 0.05) is 13.0 Å². The molecule has 1 aliphatic heterocycles. The molecule has 96 valence electrons. The summed E-state index contributed by atoms with van der Waals surface area (Å²) in [5.74, 6) is -0.0749. The first-order valence-corrected chi connectivity index (χ1v) is 5.67. The van der Waals surface area contributed by atoms with Crippen molar-refractivity contribution in [1.82, 2.24) is 4.90 Å². The Balaban J connectivity index is 2.37. The van der Waals surface area contributed by atoms with Gasteiger partial charge in [-0.1, -0.05) is 29.4 Å². The zero-order chi connectivity index (χ0) is 13.1. The van der Waals surface area contributed by atoms with Crippen molar-refractivity contribution in [1.29, 1.82) is 0 Å². The summed E-state index contributed by atoms with van der Waals surface area (Å²) in [5, 5.41) is 20.9. The molecule has 2 rings (SSSR count). The topological polar surface area (TPSA) is 99.2 Å². The molecule has 1 amide bonds. The first-order chi connectivity index (χ1) is 8.63. The summed E-state index contributed by atoms with van der Waals surface area (Å²) >= 11 is 0. The lowest BCUT2D eigenvalue weighted by molar-refractivity contribution is 0.138. The van der Waals surface area contributed by atoms with E-state index in [2.05, 4.69) is 5.16 Å². The van der Waals surface area contributed by atoms with Crippen LogP contribution in [0.3, 0.4) is 0 Å². The molecule has 1 aliphatic rings. The number of nitrogens with zero attached hydrogens (tertiary/aromatic N) is 2. The average Bonchev–Trinajstić information content (AvgIpc) is 2.57. The summed E-state index contributed by atoms with van der Waals surface area (Å²) in [4.78, 5) is 12.4. The minimum Gasteiger partial charge on any atom is -0.465 e. The molecule has 0 spiro atoms. The second kappa shape index (κ2) is 4.95. The number of amides is 1. The molecule has 1 aromatic rings. The van der Waals surface area contributed by atoms with Gasteiger partial charge in [0.1, 0.15) is 0 Å². The lowest BCUT2D eigenvalue weighted by Gasteiger charge is -2.25. The molecular formula is C12H15N3O3. The zero-order valence-electron chi connectivity index (χ0n) is 9.78. The molecule has 0 aromatic heterocycles.